The van der Waals surface area contributed by atoms with Gasteiger partial charge in [-0.3, -0.25) is 5.32 Å². The molecule has 3 aromatic carbocycles. The van der Waals surface area contributed by atoms with Crippen LogP contribution in [0.2, 0.25) is 0 Å². The third kappa shape index (κ3) is 4.31. The zero-order valence-electron chi connectivity index (χ0n) is 20.4. The maximum Gasteiger partial charge on any atom is 0.161 e. The second kappa shape index (κ2) is 10.1. The molecule has 1 aliphatic heterocycles. The minimum absolute atomic E-state index is 0.0310. The van der Waals surface area contributed by atoms with Crippen molar-refractivity contribution in [3.05, 3.63) is 70.8 Å². The summed E-state index contributed by atoms with van der Waals surface area (Å²) < 4.78 is 33.2. The number of benzene rings is 3. The highest BCUT2D eigenvalue weighted by Crippen LogP contribution is 2.43. The van der Waals surface area contributed by atoms with Gasteiger partial charge in [0.15, 0.2) is 34.5 Å². The number of hydrogen-bond donors (Lipinski definition) is 1. The Morgan fingerprint density at radius 3 is 1.59 bits per heavy atom. The molecular formula is C27H31NO6. The largest absolute Gasteiger partial charge is 0.493 e. The minimum Gasteiger partial charge on any atom is -0.493 e. The third-order valence-electron chi connectivity index (χ3n) is 6.30. The highest BCUT2D eigenvalue weighted by Gasteiger charge is 2.31. The molecular weight excluding hydrogens is 434 g/mol. The maximum atomic E-state index is 5.61. The van der Waals surface area contributed by atoms with E-state index in [9.17, 15) is 0 Å². The van der Waals surface area contributed by atoms with Crippen molar-refractivity contribution in [2.45, 2.75) is 18.5 Å². The summed E-state index contributed by atoms with van der Waals surface area (Å²) in [4.78, 5) is 0. The summed E-state index contributed by atoms with van der Waals surface area (Å²) in [5.74, 6) is 4.16. The zero-order valence-corrected chi connectivity index (χ0v) is 20.4. The van der Waals surface area contributed by atoms with E-state index >= 15 is 0 Å². The molecule has 1 aliphatic rings. The van der Waals surface area contributed by atoms with E-state index in [-0.39, 0.29) is 12.1 Å². The van der Waals surface area contributed by atoms with Crippen LogP contribution in [0, 0.1) is 0 Å². The van der Waals surface area contributed by atoms with Crippen molar-refractivity contribution in [3.8, 4) is 34.5 Å². The lowest BCUT2D eigenvalue weighted by Crippen LogP contribution is -2.34. The van der Waals surface area contributed by atoms with Gasteiger partial charge in [0.25, 0.3) is 0 Å². The fourth-order valence-electron chi connectivity index (χ4n) is 4.54. The first kappa shape index (κ1) is 23.6. The van der Waals surface area contributed by atoms with Gasteiger partial charge in [-0.05, 0) is 65.1 Å². The molecule has 1 heterocycles. The summed E-state index contributed by atoms with van der Waals surface area (Å²) in [5.41, 5.74) is 4.46. The standard InChI is InChI=1S/C27H31NO6/c1-29-21-9-7-16(12-23(21)31-3)20-11-18-14-25(33-5)26(34-6)15-19(18)27(28-20)17-8-10-22(30-2)24(13-17)32-4/h7-10,12-15,20,27-28H,11H2,1-6H3. The zero-order chi connectivity index (χ0) is 24.2. The second-order valence-corrected chi connectivity index (χ2v) is 7.99. The first-order valence-electron chi connectivity index (χ1n) is 11.0. The molecule has 34 heavy (non-hydrogen) atoms. The van der Waals surface area contributed by atoms with Crippen LogP contribution in [0.3, 0.4) is 0 Å². The molecule has 7 nitrogen and oxygen atoms in total. The fraction of sp³-hybridized carbons (Fsp3) is 0.333. The molecule has 7 heteroatoms. The van der Waals surface area contributed by atoms with E-state index in [0.29, 0.717) is 34.5 Å². The Bertz CT molecular complexity index is 1160. The lowest BCUT2D eigenvalue weighted by molar-refractivity contribution is 0.348. The Morgan fingerprint density at radius 2 is 1.03 bits per heavy atom. The number of nitrogens with one attached hydrogen (secondary N) is 1. The Labute approximate surface area is 200 Å². The summed E-state index contributed by atoms with van der Waals surface area (Å²) >= 11 is 0. The normalized spacial score (nSPS) is 16.9. The van der Waals surface area contributed by atoms with Crippen LogP contribution in [-0.4, -0.2) is 42.7 Å². The third-order valence-corrected chi connectivity index (χ3v) is 6.30. The molecule has 0 bridgehead atoms. The van der Waals surface area contributed by atoms with Crippen LogP contribution in [0.1, 0.15) is 34.3 Å². The molecule has 1 N–H and O–H groups in total. The van der Waals surface area contributed by atoms with Gasteiger partial charge in [-0.2, -0.15) is 0 Å². The van der Waals surface area contributed by atoms with Crippen molar-refractivity contribution in [1.29, 1.82) is 0 Å². The summed E-state index contributed by atoms with van der Waals surface area (Å²) in [7, 11) is 9.87. The molecule has 0 saturated carbocycles. The van der Waals surface area contributed by atoms with Crippen molar-refractivity contribution < 1.29 is 28.4 Å². The van der Waals surface area contributed by atoms with Gasteiger partial charge in [0.2, 0.25) is 0 Å². The summed E-state index contributed by atoms with van der Waals surface area (Å²) in [6, 6.07) is 16.0. The number of fused-ring (bicyclic) bond motifs is 1. The molecule has 180 valence electrons. The van der Waals surface area contributed by atoms with Gasteiger partial charge < -0.3 is 28.4 Å². The lowest BCUT2D eigenvalue weighted by atomic mass is 9.84. The molecule has 3 aromatic rings. The van der Waals surface area contributed by atoms with E-state index in [1.54, 1.807) is 42.7 Å². The van der Waals surface area contributed by atoms with Gasteiger partial charge in [-0.15, -0.1) is 0 Å². The number of methoxy groups -OCH3 is 6. The van der Waals surface area contributed by atoms with Crippen molar-refractivity contribution in [1.82, 2.24) is 5.32 Å². The molecule has 2 atom stereocenters. The van der Waals surface area contributed by atoms with Crippen LogP contribution < -0.4 is 33.7 Å². The van der Waals surface area contributed by atoms with Crippen molar-refractivity contribution in [2.24, 2.45) is 0 Å². The monoisotopic (exact) mass is 465 g/mol. The molecule has 4 rings (SSSR count). The Kier molecular flexibility index (Phi) is 7.03. The summed E-state index contributed by atoms with van der Waals surface area (Å²) in [5, 5.41) is 3.82. The average Bonchev–Trinajstić information content (AvgIpc) is 2.90. The molecule has 0 amide bonds. The topological polar surface area (TPSA) is 67.4 Å². The predicted octanol–water partition coefficient (Wildman–Crippen LogP) is 4.71. The van der Waals surface area contributed by atoms with Crippen LogP contribution in [0.4, 0.5) is 0 Å². The van der Waals surface area contributed by atoms with Gasteiger partial charge in [-0.25, -0.2) is 0 Å². The van der Waals surface area contributed by atoms with Gasteiger partial charge in [0, 0.05) is 6.04 Å². The fourth-order valence-corrected chi connectivity index (χ4v) is 4.54. The van der Waals surface area contributed by atoms with Gasteiger partial charge in [0.05, 0.1) is 48.7 Å². The summed E-state index contributed by atoms with van der Waals surface area (Å²) in [6.45, 7) is 0. The molecule has 0 spiro atoms. The predicted molar refractivity (Wildman–Crippen MR) is 130 cm³/mol. The highest BCUT2D eigenvalue weighted by atomic mass is 16.5. The lowest BCUT2D eigenvalue weighted by Gasteiger charge is -2.35. The smallest absolute Gasteiger partial charge is 0.161 e. The van der Waals surface area contributed by atoms with Crippen molar-refractivity contribution >= 4 is 0 Å². The Balaban J connectivity index is 1.83. The van der Waals surface area contributed by atoms with E-state index in [2.05, 4.69) is 23.5 Å². The first-order chi connectivity index (χ1) is 16.6. The number of ether oxygens (including phenoxy) is 6. The van der Waals surface area contributed by atoms with Crippen LogP contribution in [0.15, 0.2) is 48.5 Å². The maximum absolute atomic E-state index is 5.61. The van der Waals surface area contributed by atoms with E-state index in [1.165, 1.54) is 5.56 Å². The van der Waals surface area contributed by atoms with Crippen LogP contribution in [0.25, 0.3) is 0 Å². The first-order valence-corrected chi connectivity index (χ1v) is 11.0. The molecule has 2 unspecified atom stereocenters. The van der Waals surface area contributed by atoms with E-state index in [1.807, 2.05) is 30.3 Å². The Morgan fingerprint density at radius 1 is 0.559 bits per heavy atom. The molecule has 0 aliphatic carbocycles. The minimum atomic E-state index is -0.110. The van der Waals surface area contributed by atoms with Gasteiger partial charge >= 0.3 is 0 Å². The average molecular weight is 466 g/mol. The van der Waals surface area contributed by atoms with Gasteiger partial charge in [-0.1, -0.05) is 12.1 Å². The van der Waals surface area contributed by atoms with Crippen LogP contribution in [-0.2, 0) is 6.42 Å². The highest BCUT2D eigenvalue weighted by molar-refractivity contribution is 5.54. The van der Waals surface area contributed by atoms with Crippen molar-refractivity contribution in [3.63, 3.8) is 0 Å². The second-order valence-electron chi connectivity index (χ2n) is 7.99. The van der Waals surface area contributed by atoms with Gasteiger partial charge in [0.1, 0.15) is 0 Å². The molecule has 0 saturated heterocycles. The van der Waals surface area contributed by atoms with E-state index < -0.39 is 0 Å². The Hall–Kier alpha value is -3.58. The van der Waals surface area contributed by atoms with Crippen LogP contribution in [0.5, 0.6) is 34.5 Å². The SMILES string of the molecule is COc1ccc(C2Cc3cc(OC)c(OC)cc3C(c3ccc(OC)c(OC)c3)N2)cc1OC. The number of hydrogen-bond acceptors (Lipinski definition) is 7. The quantitative estimate of drug-likeness (QED) is 0.517. The van der Waals surface area contributed by atoms with E-state index in [0.717, 1.165) is 23.1 Å². The van der Waals surface area contributed by atoms with E-state index in [4.69, 9.17) is 28.4 Å². The molecule has 0 aromatic heterocycles. The van der Waals surface area contributed by atoms with Crippen LogP contribution >= 0.6 is 0 Å². The van der Waals surface area contributed by atoms with Crippen molar-refractivity contribution in [2.75, 3.05) is 42.7 Å². The molecule has 0 radical (unpaired) electrons. The summed E-state index contributed by atoms with van der Waals surface area (Å²) in [6.07, 6.45) is 0.773. The molecule has 0 fully saturated rings. The number of rotatable bonds is 8.